The van der Waals surface area contributed by atoms with Crippen LogP contribution in [0.5, 0.6) is 0 Å². The molecular weight excluding hydrogens is 348 g/mol. The van der Waals surface area contributed by atoms with E-state index < -0.39 is 17.4 Å². The van der Waals surface area contributed by atoms with Crippen LogP contribution in [0.3, 0.4) is 0 Å². The van der Waals surface area contributed by atoms with Gasteiger partial charge in [0.1, 0.15) is 5.54 Å². The van der Waals surface area contributed by atoms with Crippen molar-refractivity contribution in [2.75, 3.05) is 12.4 Å². The molecule has 0 spiro atoms. The smallest absolute Gasteiger partial charge is 0.329 e. The molecular formula is C20H22N2O5. The molecule has 1 aromatic heterocycles. The van der Waals surface area contributed by atoms with E-state index in [0.29, 0.717) is 24.1 Å². The van der Waals surface area contributed by atoms with Crippen molar-refractivity contribution in [2.45, 2.75) is 37.6 Å². The molecule has 1 fully saturated rings. The molecule has 0 radical (unpaired) electrons. The summed E-state index contributed by atoms with van der Waals surface area (Å²) in [4.78, 5) is 38.3. The Hall–Kier alpha value is -3.09. The van der Waals surface area contributed by atoms with E-state index in [9.17, 15) is 19.5 Å². The number of carboxylic acid groups (broad SMARTS) is 1. The fourth-order valence-electron chi connectivity index (χ4n) is 3.55. The second-order valence-corrected chi connectivity index (χ2v) is 6.77. The van der Waals surface area contributed by atoms with E-state index in [1.165, 1.54) is 30.3 Å². The van der Waals surface area contributed by atoms with Crippen LogP contribution in [0.15, 0.2) is 47.1 Å². The van der Waals surface area contributed by atoms with Gasteiger partial charge in [0.25, 0.3) is 11.8 Å². The van der Waals surface area contributed by atoms with Gasteiger partial charge in [-0.2, -0.15) is 0 Å². The van der Waals surface area contributed by atoms with Gasteiger partial charge in [-0.3, -0.25) is 9.59 Å². The number of carbonyl (C=O) groups excluding carboxylic acids is 2. The number of carboxylic acids is 1. The zero-order valence-electron chi connectivity index (χ0n) is 15.1. The Morgan fingerprint density at radius 3 is 2.48 bits per heavy atom. The molecule has 2 N–H and O–H groups in total. The van der Waals surface area contributed by atoms with Crippen LogP contribution < -0.4 is 5.32 Å². The number of rotatable bonds is 5. The van der Waals surface area contributed by atoms with Gasteiger partial charge in [-0.25, -0.2) is 4.79 Å². The number of hydrogen-bond acceptors (Lipinski definition) is 4. The summed E-state index contributed by atoms with van der Waals surface area (Å²) in [5.41, 5.74) is -0.424. The van der Waals surface area contributed by atoms with Crippen molar-refractivity contribution >= 4 is 23.5 Å². The van der Waals surface area contributed by atoms with E-state index in [-0.39, 0.29) is 11.7 Å². The number of aliphatic carboxylic acids is 1. The molecule has 1 saturated carbocycles. The Bertz CT molecular complexity index is 838. The molecule has 0 saturated heterocycles. The molecule has 1 aliphatic carbocycles. The first-order valence-corrected chi connectivity index (χ1v) is 8.90. The van der Waals surface area contributed by atoms with Crippen molar-refractivity contribution in [3.05, 3.63) is 54.0 Å². The molecule has 2 aromatic rings. The maximum Gasteiger partial charge on any atom is 0.329 e. The molecule has 0 bridgehead atoms. The SMILES string of the molecule is CN(C(=O)c1cccc(NC(=O)c2ccco2)c1)C1(C(=O)O)CCCCC1. The Balaban J connectivity index is 1.80. The van der Waals surface area contributed by atoms with E-state index in [1.807, 2.05) is 0 Å². The zero-order chi connectivity index (χ0) is 19.4. The summed E-state index contributed by atoms with van der Waals surface area (Å²) < 4.78 is 5.05. The summed E-state index contributed by atoms with van der Waals surface area (Å²) in [7, 11) is 1.54. The molecule has 1 aromatic carbocycles. The lowest BCUT2D eigenvalue weighted by atomic mass is 9.80. The predicted molar refractivity (Wildman–Crippen MR) is 98.6 cm³/mol. The Morgan fingerprint density at radius 2 is 1.85 bits per heavy atom. The van der Waals surface area contributed by atoms with E-state index in [2.05, 4.69) is 5.32 Å². The van der Waals surface area contributed by atoms with Gasteiger partial charge in [-0.15, -0.1) is 0 Å². The third-order valence-electron chi connectivity index (χ3n) is 5.14. The predicted octanol–water partition coefficient (Wildman–Crippen LogP) is 3.39. The Labute approximate surface area is 157 Å². The number of hydrogen-bond donors (Lipinski definition) is 2. The van der Waals surface area contributed by atoms with Crippen LogP contribution in [0, 0.1) is 0 Å². The van der Waals surface area contributed by atoms with Crippen molar-refractivity contribution in [1.82, 2.24) is 4.90 Å². The summed E-state index contributed by atoms with van der Waals surface area (Å²) in [6.07, 6.45) is 4.83. The fourth-order valence-corrected chi connectivity index (χ4v) is 3.55. The number of benzene rings is 1. The number of likely N-dealkylation sites (N-methyl/N-ethyl adjacent to an activating group) is 1. The molecule has 0 atom stereocenters. The average Bonchev–Trinajstić information content (AvgIpc) is 3.22. The second-order valence-electron chi connectivity index (χ2n) is 6.77. The van der Waals surface area contributed by atoms with Crippen LogP contribution in [-0.4, -0.2) is 40.4 Å². The molecule has 7 nitrogen and oxygen atoms in total. The van der Waals surface area contributed by atoms with Gasteiger partial charge in [0.15, 0.2) is 5.76 Å². The quantitative estimate of drug-likeness (QED) is 0.840. The Kier molecular flexibility index (Phi) is 5.30. The molecule has 2 amide bonds. The minimum Gasteiger partial charge on any atom is -0.479 e. The number of carbonyl (C=O) groups is 3. The molecule has 27 heavy (non-hydrogen) atoms. The van der Waals surface area contributed by atoms with E-state index in [4.69, 9.17) is 4.42 Å². The van der Waals surface area contributed by atoms with Crippen LogP contribution in [0.25, 0.3) is 0 Å². The normalized spacial score (nSPS) is 15.7. The van der Waals surface area contributed by atoms with Gasteiger partial charge in [-0.05, 0) is 43.2 Å². The summed E-state index contributed by atoms with van der Waals surface area (Å²) in [6, 6.07) is 9.60. The number of nitrogens with zero attached hydrogens (tertiary/aromatic N) is 1. The lowest BCUT2D eigenvalue weighted by Gasteiger charge is -2.41. The molecule has 0 aliphatic heterocycles. The van der Waals surface area contributed by atoms with Crippen LogP contribution in [0.1, 0.15) is 53.0 Å². The van der Waals surface area contributed by atoms with Gasteiger partial charge >= 0.3 is 5.97 Å². The molecule has 0 unspecified atom stereocenters. The summed E-state index contributed by atoms with van der Waals surface area (Å²) in [5, 5.41) is 12.4. The number of amides is 2. The van der Waals surface area contributed by atoms with Crippen molar-refractivity contribution in [2.24, 2.45) is 0 Å². The zero-order valence-corrected chi connectivity index (χ0v) is 15.1. The highest BCUT2D eigenvalue weighted by Gasteiger charge is 2.45. The first-order valence-electron chi connectivity index (χ1n) is 8.90. The topological polar surface area (TPSA) is 99.9 Å². The molecule has 7 heteroatoms. The lowest BCUT2D eigenvalue weighted by molar-refractivity contribution is -0.151. The summed E-state index contributed by atoms with van der Waals surface area (Å²) >= 11 is 0. The van der Waals surface area contributed by atoms with Crippen molar-refractivity contribution in [1.29, 1.82) is 0 Å². The molecule has 142 valence electrons. The average molecular weight is 370 g/mol. The van der Waals surface area contributed by atoms with E-state index in [1.54, 1.807) is 24.3 Å². The first kappa shape index (κ1) is 18.7. The minimum atomic E-state index is -1.18. The van der Waals surface area contributed by atoms with Crippen molar-refractivity contribution in [3.8, 4) is 0 Å². The highest BCUT2D eigenvalue weighted by Crippen LogP contribution is 2.34. The molecule has 1 aliphatic rings. The van der Waals surface area contributed by atoms with Crippen LogP contribution in [0.2, 0.25) is 0 Å². The van der Waals surface area contributed by atoms with Gasteiger partial charge in [0.2, 0.25) is 0 Å². The number of anilines is 1. The van der Waals surface area contributed by atoms with Crippen LogP contribution in [0.4, 0.5) is 5.69 Å². The fraction of sp³-hybridized carbons (Fsp3) is 0.350. The highest BCUT2D eigenvalue weighted by molar-refractivity contribution is 6.03. The molecule has 1 heterocycles. The van der Waals surface area contributed by atoms with Gasteiger partial charge in [0, 0.05) is 18.3 Å². The summed E-state index contributed by atoms with van der Waals surface area (Å²) in [5.74, 6) is -1.61. The van der Waals surface area contributed by atoms with Gasteiger partial charge in [0.05, 0.1) is 6.26 Å². The monoisotopic (exact) mass is 370 g/mol. The van der Waals surface area contributed by atoms with Crippen LogP contribution >= 0.6 is 0 Å². The van der Waals surface area contributed by atoms with E-state index >= 15 is 0 Å². The standard InChI is InChI=1S/C20H22N2O5/c1-22(20(19(25)26)10-3-2-4-11-20)18(24)14-7-5-8-15(13-14)21-17(23)16-9-6-12-27-16/h5-9,12-13H,2-4,10-11H2,1H3,(H,21,23)(H,25,26). The van der Waals surface area contributed by atoms with E-state index in [0.717, 1.165) is 19.3 Å². The maximum atomic E-state index is 13.0. The summed E-state index contributed by atoms with van der Waals surface area (Å²) in [6.45, 7) is 0. The van der Waals surface area contributed by atoms with Crippen molar-refractivity contribution in [3.63, 3.8) is 0 Å². The Morgan fingerprint density at radius 1 is 1.11 bits per heavy atom. The number of nitrogens with one attached hydrogen (secondary N) is 1. The van der Waals surface area contributed by atoms with Crippen molar-refractivity contribution < 1.29 is 23.9 Å². The second kappa shape index (κ2) is 7.65. The third kappa shape index (κ3) is 3.72. The minimum absolute atomic E-state index is 0.163. The largest absolute Gasteiger partial charge is 0.479 e. The number of furan rings is 1. The van der Waals surface area contributed by atoms with Crippen LogP contribution in [-0.2, 0) is 4.79 Å². The first-order chi connectivity index (χ1) is 12.9. The highest BCUT2D eigenvalue weighted by atomic mass is 16.4. The maximum absolute atomic E-state index is 13.0. The van der Waals surface area contributed by atoms with Gasteiger partial charge < -0.3 is 19.7 Å². The lowest BCUT2D eigenvalue weighted by Crippen LogP contribution is -2.56. The molecule has 3 rings (SSSR count). The van der Waals surface area contributed by atoms with Gasteiger partial charge in [-0.1, -0.05) is 25.3 Å². The third-order valence-corrected chi connectivity index (χ3v) is 5.14.